The summed E-state index contributed by atoms with van der Waals surface area (Å²) >= 11 is 5.76. The third-order valence-electron chi connectivity index (χ3n) is 3.24. The molecule has 0 amide bonds. The van der Waals surface area contributed by atoms with Gasteiger partial charge in [-0.3, -0.25) is 0 Å². The number of aliphatic hydroxyl groups is 1. The lowest BCUT2D eigenvalue weighted by Gasteiger charge is -2.17. The smallest absolute Gasteiger partial charge is 0.141 e. The van der Waals surface area contributed by atoms with Crippen molar-refractivity contribution in [3.05, 3.63) is 58.8 Å². The maximum atomic E-state index is 13.1. The van der Waals surface area contributed by atoms with Gasteiger partial charge in [0, 0.05) is 12.6 Å². The molecule has 0 aliphatic carbocycles. The van der Waals surface area contributed by atoms with Gasteiger partial charge in [-0.05, 0) is 36.8 Å². The number of halogens is 2. The van der Waals surface area contributed by atoms with Crippen LogP contribution in [0.15, 0.2) is 41.0 Å². The van der Waals surface area contributed by atoms with E-state index in [0.29, 0.717) is 13.2 Å². The second kappa shape index (κ2) is 8.29. The molecule has 1 heterocycles. The average Bonchev–Trinajstić information content (AvgIpc) is 3.01. The van der Waals surface area contributed by atoms with Crippen molar-refractivity contribution in [3.63, 3.8) is 0 Å². The van der Waals surface area contributed by atoms with E-state index in [1.54, 1.807) is 24.5 Å². The van der Waals surface area contributed by atoms with E-state index >= 15 is 0 Å². The number of nitrogens with one attached hydrogen (secondary N) is 1. The normalized spacial score (nSPS) is 14.0. The molecule has 0 fully saturated rings. The molecule has 2 unspecified atom stereocenters. The summed E-state index contributed by atoms with van der Waals surface area (Å²) in [6.07, 6.45) is 0.931. The van der Waals surface area contributed by atoms with Gasteiger partial charge in [0.2, 0.25) is 0 Å². The number of hydrogen-bond acceptors (Lipinski definition) is 4. The molecule has 1 aromatic heterocycles. The van der Waals surface area contributed by atoms with Crippen molar-refractivity contribution in [2.45, 2.75) is 25.7 Å². The van der Waals surface area contributed by atoms with E-state index in [1.165, 1.54) is 6.07 Å². The minimum atomic E-state index is -0.645. The number of aliphatic hydroxyl groups excluding tert-OH is 1. The third-order valence-corrected chi connectivity index (χ3v) is 3.53. The molecule has 6 heteroatoms. The molecule has 2 aromatic rings. The molecular formula is C16H19ClFNO3. The molecule has 0 bridgehead atoms. The van der Waals surface area contributed by atoms with Crippen molar-refractivity contribution < 1.29 is 18.7 Å². The van der Waals surface area contributed by atoms with Gasteiger partial charge < -0.3 is 19.6 Å². The van der Waals surface area contributed by atoms with Gasteiger partial charge in [-0.1, -0.05) is 17.7 Å². The summed E-state index contributed by atoms with van der Waals surface area (Å²) in [4.78, 5) is 0. The molecule has 2 N–H and O–H groups in total. The molecule has 1 aromatic carbocycles. The second-order valence-electron chi connectivity index (χ2n) is 5.05. The van der Waals surface area contributed by atoms with E-state index in [1.807, 2.05) is 13.0 Å². The molecule has 0 radical (unpaired) electrons. The van der Waals surface area contributed by atoms with Gasteiger partial charge in [-0.15, -0.1) is 0 Å². The maximum absolute atomic E-state index is 13.1. The Morgan fingerprint density at radius 3 is 2.91 bits per heavy atom. The van der Waals surface area contributed by atoms with Crippen LogP contribution in [-0.4, -0.2) is 24.4 Å². The molecule has 22 heavy (non-hydrogen) atoms. The molecular weight excluding hydrogens is 309 g/mol. The van der Waals surface area contributed by atoms with Gasteiger partial charge in [-0.25, -0.2) is 4.39 Å². The summed E-state index contributed by atoms with van der Waals surface area (Å²) in [7, 11) is 0. The van der Waals surface area contributed by atoms with Crippen LogP contribution in [0, 0.1) is 5.82 Å². The van der Waals surface area contributed by atoms with E-state index in [4.69, 9.17) is 20.8 Å². The second-order valence-corrected chi connectivity index (χ2v) is 5.46. The quantitative estimate of drug-likeness (QED) is 0.781. The topological polar surface area (TPSA) is 54.6 Å². The summed E-state index contributed by atoms with van der Waals surface area (Å²) in [6.45, 7) is 2.80. The first kappa shape index (κ1) is 17.0. The van der Waals surface area contributed by atoms with E-state index in [9.17, 15) is 9.50 Å². The summed E-state index contributed by atoms with van der Waals surface area (Å²) in [5.74, 6) is 0.276. The Morgan fingerprint density at radius 1 is 1.41 bits per heavy atom. The van der Waals surface area contributed by atoms with Crippen LogP contribution in [0.2, 0.25) is 5.02 Å². The van der Waals surface area contributed by atoms with Gasteiger partial charge in [0.25, 0.3) is 0 Å². The Morgan fingerprint density at radius 2 is 2.23 bits per heavy atom. The monoisotopic (exact) mass is 327 g/mol. The van der Waals surface area contributed by atoms with E-state index in [-0.39, 0.29) is 17.7 Å². The Hall–Kier alpha value is -1.40. The lowest BCUT2D eigenvalue weighted by Crippen LogP contribution is -2.32. The van der Waals surface area contributed by atoms with Gasteiger partial charge >= 0.3 is 0 Å². The number of furan rings is 1. The Labute approximate surface area is 133 Å². The Balaban J connectivity index is 1.70. The number of benzene rings is 1. The molecule has 4 nitrogen and oxygen atoms in total. The fourth-order valence-electron chi connectivity index (χ4n) is 1.96. The summed E-state index contributed by atoms with van der Waals surface area (Å²) in [5.41, 5.74) is 0.857. The number of rotatable bonds is 8. The first-order valence-corrected chi connectivity index (χ1v) is 7.40. The molecule has 2 atom stereocenters. The average molecular weight is 328 g/mol. The molecule has 0 aliphatic rings. The Bertz CT molecular complexity index is 577. The highest BCUT2D eigenvalue weighted by Gasteiger charge is 2.11. The van der Waals surface area contributed by atoms with E-state index in [2.05, 4.69) is 5.32 Å². The van der Waals surface area contributed by atoms with Gasteiger partial charge in [0.05, 0.1) is 24.0 Å². The van der Waals surface area contributed by atoms with Crippen molar-refractivity contribution in [1.82, 2.24) is 5.32 Å². The molecule has 2 rings (SSSR count). The Kier molecular flexibility index (Phi) is 6.39. The van der Waals surface area contributed by atoms with Crippen LogP contribution in [-0.2, 0) is 11.3 Å². The van der Waals surface area contributed by atoms with Crippen LogP contribution < -0.4 is 5.32 Å². The van der Waals surface area contributed by atoms with Crippen LogP contribution in [0.3, 0.4) is 0 Å². The lowest BCUT2D eigenvalue weighted by atomic mass is 10.1. The predicted molar refractivity (Wildman–Crippen MR) is 82.2 cm³/mol. The molecule has 0 spiro atoms. The van der Waals surface area contributed by atoms with Gasteiger partial charge in [0.1, 0.15) is 18.2 Å². The van der Waals surface area contributed by atoms with Crippen molar-refractivity contribution in [2.75, 3.05) is 13.2 Å². The maximum Gasteiger partial charge on any atom is 0.141 e. The first-order valence-electron chi connectivity index (χ1n) is 7.03. The minimum Gasteiger partial charge on any atom is -0.467 e. The van der Waals surface area contributed by atoms with Crippen molar-refractivity contribution in [2.24, 2.45) is 0 Å². The number of ether oxygens (including phenoxy) is 1. The molecule has 0 saturated heterocycles. The van der Waals surface area contributed by atoms with Gasteiger partial charge in [0.15, 0.2) is 0 Å². The molecule has 120 valence electrons. The standard InChI is InChI=1S/C16H19ClFNO3/c1-11(12-4-5-16(18)15(17)7-12)19-8-13(20)9-21-10-14-3-2-6-22-14/h2-7,11,13,19-20H,8-10H2,1H3. The molecule has 0 saturated carbocycles. The summed E-state index contributed by atoms with van der Waals surface area (Å²) < 4.78 is 23.6. The third kappa shape index (κ3) is 5.10. The SMILES string of the molecule is CC(NCC(O)COCc1ccco1)c1ccc(F)c(Cl)c1. The summed E-state index contributed by atoms with van der Waals surface area (Å²) in [5, 5.41) is 13.1. The zero-order valence-corrected chi connectivity index (χ0v) is 13.0. The van der Waals surface area contributed by atoms with Crippen LogP contribution in [0.25, 0.3) is 0 Å². The highest BCUT2D eigenvalue weighted by Crippen LogP contribution is 2.20. The lowest BCUT2D eigenvalue weighted by molar-refractivity contribution is 0.0217. The first-order chi connectivity index (χ1) is 10.6. The van der Waals surface area contributed by atoms with Crippen LogP contribution in [0.5, 0.6) is 0 Å². The zero-order valence-electron chi connectivity index (χ0n) is 12.3. The highest BCUT2D eigenvalue weighted by molar-refractivity contribution is 6.30. The van der Waals surface area contributed by atoms with Crippen LogP contribution in [0.4, 0.5) is 4.39 Å². The fraction of sp³-hybridized carbons (Fsp3) is 0.375. The molecule has 0 aliphatic heterocycles. The fourth-order valence-corrected chi connectivity index (χ4v) is 2.15. The van der Waals surface area contributed by atoms with Crippen molar-refractivity contribution >= 4 is 11.6 Å². The van der Waals surface area contributed by atoms with E-state index < -0.39 is 11.9 Å². The van der Waals surface area contributed by atoms with Crippen molar-refractivity contribution in [1.29, 1.82) is 0 Å². The van der Waals surface area contributed by atoms with Gasteiger partial charge in [-0.2, -0.15) is 0 Å². The van der Waals surface area contributed by atoms with Crippen molar-refractivity contribution in [3.8, 4) is 0 Å². The summed E-state index contributed by atoms with van der Waals surface area (Å²) in [6, 6.07) is 8.11. The van der Waals surface area contributed by atoms with Crippen LogP contribution in [0.1, 0.15) is 24.3 Å². The highest BCUT2D eigenvalue weighted by atomic mass is 35.5. The van der Waals surface area contributed by atoms with E-state index in [0.717, 1.165) is 11.3 Å². The largest absolute Gasteiger partial charge is 0.467 e. The number of hydrogen-bond donors (Lipinski definition) is 2. The zero-order chi connectivity index (χ0) is 15.9. The minimum absolute atomic E-state index is 0.0576. The predicted octanol–water partition coefficient (Wildman–Crippen LogP) is 3.30. The van der Waals surface area contributed by atoms with Crippen LogP contribution >= 0.6 is 11.6 Å².